The molecule has 1 aliphatic rings. The van der Waals surface area contributed by atoms with Crippen LogP contribution in [0.25, 0.3) is 0 Å². The molecule has 0 bridgehead atoms. The second-order valence-electron chi connectivity index (χ2n) is 5.83. The van der Waals surface area contributed by atoms with E-state index in [2.05, 4.69) is 34.3 Å². The lowest BCUT2D eigenvalue weighted by molar-refractivity contribution is 0.0854. The molecule has 0 aliphatic carbocycles. The predicted molar refractivity (Wildman–Crippen MR) is 94.7 cm³/mol. The fourth-order valence-corrected chi connectivity index (χ4v) is 2.90. The van der Waals surface area contributed by atoms with Gasteiger partial charge in [0.15, 0.2) is 0 Å². The minimum absolute atomic E-state index is 0.141. The molecule has 1 atom stereocenters. The smallest absolute Gasteiger partial charge is 0.269 e. The van der Waals surface area contributed by atoms with Gasteiger partial charge in [-0.25, -0.2) is 4.98 Å². The van der Waals surface area contributed by atoms with Crippen LogP contribution in [-0.2, 0) is 4.74 Å². The number of hydrogen-bond donors (Lipinski definition) is 1. The summed E-state index contributed by atoms with van der Waals surface area (Å²) < 4.78 is 5.51. The molecule has 126 valence electrons. The van der Waals surface area contributed by atoms with Crippen LogP contribution in [0.2, 0.25) is 0 Å². The van der Waals surface area contributed by atoms with E-state index in [9.17, 15) is 4.79 Å². The van der Waals surface area contributed by atoms with Crippen molar-refractivity contribution in [2.75, 3.05) is 24.6 Å². The van der Waals surface area contributed by atoms with Gasteiger partial charge in [-0.2, -0.15) is 0 Å². The zero-order valence-electron chi connectivity index (χ0n) is 13.9. The maximum absolute atomic E-state index is 12.2. The third-order valence-corrected chi connectivity index (χ3v) is 4.19. The number of ether oxygens (including phenoxy) is 1. The van der Waals surface area contributed by atoms with Crippen LogP contribution in [0.1, 0.15) is 30.3 Å². The summed E-state index contributed by atoms with van der Waals surface area (Å²) in [7, 11) is 0. The van der Waals surface area contributed by atoms with Gasteiger partial charge in [0.05, 0.1) is 18.0 Å². The Labute approximate surface area is 142 Å². The normalized spacial score (nSPS) is 16.8. The Kier molecular flexibility index (Phi) is 5.43. The fraction of sp³-hybridized carbons (Fsp3) is 0.368. The molecule has 1 saturated heterocycles. The van der Waals surface area contributed by atoms with E-state index in [1.807, 2.05) is 24.3 Å². The number of nitrogens with one attached hydrogen (secondary N) is 1. The number of hydrogen-bond acceptors (Lipinski definition) is 4. The number of carbonyl (C=O) groups excluding carboxylic acids is 1. The van der Waals surface area contributed by atoms with Gasteiger partial charge in [-0.05, 0) is 44.0 Å². The summed E-state index contributed by atoms with van der Waals surface area (Å²) in [6.07, 6.45) is 3.97. The summed E-state index contributed by atoms with van der Waals surface area (Å²) in [5, 5.41) is 2.90. The molecule has 2 heterocycles. The Balaban J connectivity index is 1.64. The highest BCUT2D eigenvalue weighted by molar-refractivity contribution is 5.92. The zero-order chi connectivity index (χ0) is 16.8. The number of anilines is 2. The summed E-state index contributed by atoms with van der Waals surface area (Å²) in [5.74, 6) is -0.153. The van der Waals surface area contributed by atoms with E-state index < -0.39 is 0 Å². The van der Waals surface area contributed by atoms with Crippen molar-refractivity contribution >= 4 is 17.3 Å². The minimum Gasteiger partial charge on any atom is -0.376 e. The highest BCUT2D eigenvalue weighted by Crippen LogP contribution is 2.24. The molecule has 1 aromatic carbocycles. The first kappa shape index (κ1) is 16.5. The van der Waals surface area contributed by atoms with Gasteiger partial charge in [0.2, 0.25) is 0 Å². The van der Waals surface area contributed by atoms with E-state index in [1.165, 1.54) is 0 Å². The number of para-hydroxylation sites is 1. The third kappa shape index (κ3) is 3.92. The van der Waals surface area contributed by atoms with Crippen molar-refractivity contribution < 1.29 is 9.53 Å². The van der Waals surface area contributed by atoms with Crippen molar-refractivity contribution in [3.63, 3.8) is 0 Å². The van der Waals surface area contributed by atoms with Crippen LogP contribution in [0.15, 0.2) is 48.7 Å². The van der Waals surface area contributed by atoms with E-state index in [1.54, 1.807) is 12.3 Å². The highest BCUT2D eigenvalue weighted by atomic mass is 16.5. The van der Waals surface area contributed by atoms with Crippen molar-refractivity contribution in [1.82, 2.24) is 10.3 Å². The van der Waals surface area contributed by atoms with Crippen LogP contribution in [0, 0.1) is 0 Å². The maximum Gasteiger partial charge on any atom is 0.269 e. The molecule has 0 saturated carbocycles. The molecule has 1 unspecified atom stereocenters. The lowest BCUT2D eigenvalue weighted by atomic mass is 10.2. The number of carbonyl (C=O) groups is 1. The molecule has 24 heavy (non-hydrogen) atoms. The molecule has 1 fully saturated rings. The van der Waals surface area contributed by atoms with Gasteiger partial charge < -0.3 is 15.0 Å². The standard InChI is InChI=1S/C19H23N3O2/c1-2-22(15-7-4-3-5-8-15)16-10-11-18(20-13-16)19(23)21-14-17-9-6-12-24-17/h3-5,7-8,10-11,13,17H,2,6,9,12,14H2,1H3,(H,21,23). The fourth-order valence-electron chi connectivity index (χ4n) is 2.90. The van der Waals surface area contributed by atoms with Gasteiger partial charge in [-0.3, -0.25) is 4.79 Å². The molecule has 1 amide bonds. The van der Waals surface area contributed by atoms with Gasteiger partial charge in [-0.1, -0.05) is 18.2 Å². The monoisotopic (exact) mass is 325 g/mol. The summed E-state index contributed by atoms with van der Waals surface area (Å²) in [6, 6.07) is 13.8. The Morgan fingerprint density at radius 2 is 2.08 bits per heavy atom. The Hall–Kier alpha value is -2.40. The zero-order valence-corrected chi connectivity index (χ0v) is 13.9. The van der Waals surface area contributed by atoms with Crippen molar-refractivity contribution in [3.8, 4) is 0 Å². The summed E-state index contributed by atoms with van der Waals surface area (Å²) in [6.45, 7) is 4.26. The molecule has 2 aromatic rings. The van der Waals surface area contributed by atoms with E-state index in [4.69, 9.17) is 4.74 Å². The number of pyridine rings is 1. The Bertz CT molecular complexity index is 652. The largest absolute Gasteiger partial charge is 0.376 e. The number of nitrogens with zero attached hydrogens (tertiary/aromatic N) is 2. The number of amides is 1. The summed E-state index contributed by atoms with van der Waals surface area (Å²) in [5.41, 5.74) is 2.51. The van der Waals surface area contributed by atoms with Gasteiger partial charge in [0, 0.05) is 25.4 Å². The molecule has 0 spiro atoms. The van der Waals surface area contributed by atoms with Crippen molar-refractivity contribution in [2.45, 2.75) is 25.9 Å². The van der Waals surface area contributed by atoms with Crippen molar-refractivity contribution in [1.29, 1.82) is 0 Å². The Morgan fingerprint density at radius 1 is 1.25 bits per heavy atom. The molecular weight excluding hydrogens is 302 g/mol. The first-order valence-corrected chi connectivity index (χ1v) is 8.46. The lowest BCUT2D eigenvalue weighted by Gasteiger charge is -2.23. The van der Waals surface area contributed by atoms with Crippen molar-refractivity contribution in [2.24, 2.45) is 0 Å². The lowest BCUT2D eigenvalue weighted by Crippen LogP contribution is -2.32. The van der Waals surface area contributed by atoms with Gasteiger partial charge in [-0.15, -0.1) is 0 Å². The van der Waals surface area contributed by atoms with Crippen LogP contribution in [0.3, 0.4) is 0 Å². The van der Waals surface area contributed by atoms with Crippen LogP contribution in [0.5, 0.6) is 0 Å². The van der Waals surface area contributed by atoms with Crippen molar-refractivity contribution in [3.05, 3.63) is 54.4 Å². The molecule has 1 aliphatic heterocycles. The molecule has 1 N–H and O–H groups in total. The average molecular weight is 325 g/mol. The topological polar surface area (TPSA) is 54.5 Å². The maximum atomic E-state index is 12.2. The summed E-state index contributed by atoms with van der Waals surface area (Å²) >= 11 is 0. The van der Waals surface area contributed by atoms with E-state index in [-0.39, 0.29) is 12.0 Å². The SMILES string of the molecule is CCN(c1ccccc1)c1ccc(C(=O)NCC2CCCO2)nc1. The molecule has 5 nitrogen and oxygen atoms in total. The van der Waals surface area contributed by atoms with Crippen LogP contribution in [-0.4, -0.2) is 36.7 Å². The first-order chi connectivity index (χ1) is 11.8. The second kappa shape index (κ2) is 7.93. The van der Waals surface area contributed by atoms with Crippen LogP contribution >= 0.6 is 0 Å². The minimum atomic E-state index is -0.153. The average Bonchev–Trinajstić information content (AvgIpc) is 3.15. The third-order valence-electron chi connectivity index (χ3n) is 4.19. The molecule has 3 rings (SSSR count). The molecular formula is C19H23N3O2. The number of aromatic nitrogens is 1. The van der Waals surface area contributed by atoms with Gasteiger partial charge >= 0.3 is 0 Å². The van der Waals surface area contributed by atoms with E-state index >= 15 is 0 Å². The quantitative estimate of drug-likeness (QED) is 0.886. The molecule has 1 aromatic heterocycles. The van der Waals surface area contributed by atoms with Crippen LogP contribution < -0.4 is 10.2 Å². The van der Waals surface area contributed by atoms with Gasteiger partial charge in [0.25, 0.3) is 5.91 Å². The highest BCUT2D eigenvalue weighted by Gasteiger charge is 2.17. The Morgan fingerprint density at radius 3 is 2.71 bits per heavy atom. The van der Waals surface area contributed by atoms with Crippen LogP contribution in [0.4, 0.5) is 11.4 Å². The van der Waals surface area contributed by atoms with E-state index in [0.29, 0.717) is 12.2 Å². The molecule has 5 heteroatoms. The second-order valence-corrected chi connectivity index (χ2v) is 5.83. The number of benzene rings is 1. The predicted octanol–water partition coefficient (Wildman–Crippen LogP) is 3.15. The first-order valence-electron chi connectivity index (χ1n) is 8.46. The van der Waals surface area contributed by atoms with E-state index in [0.717, 1.165) is 37.4 Å². The number of rotatable bonds is 6. The van der Waals surface area contributed by atoms with Gasteiger partial charge in [0.1, 0.15) is 5.69 Å². The molecule has 0 radical (unpaired) electrons. The summed E-state index contributed by atoms with van der Waals surface area (Å²) in [4.78, 5) is 18.7.